The molecule has 168 valence electrons. The van der Waals surface area contributed by atoms with Crippen LogP contribution in [-0.4, -0.2) is 41.9 Å². The molecule has 0 aliphatic heterocycles. The standard InChI is InChI=1S/C20H25N3O7S/c1-13(2)19(20(24)21-25)22(12-15-6-5-14(3)18(11-15)23(26)27)31(28,29)17-9-7-16(30-4)8-10-17/h5-11,13,19,25H,12H2,1-4H3,(H,21,24)/t19-/m1/s1. The summed E-state index contributed by atoms with van der Waals surface area (Å²) in [5.41, 5.74) is 2.11. The van der Waals surface area contributed by atoms with Gasteiger partial charge in [0.15, 0.2) is 0 Å². The first-order chi connectivity index (χ1) is 14.5. The largest absolute Gasteiger partial charge is 0.497 e. The van der Waals surface area contributed by atoms with Crippen LogP contribution in [0, 0.1) is 23.0 Å². The molecule has 0 unspecified atom stereocenters. The molecule has 0 heterocycles. The third kappa shape index (κ3) is 5.37. The summed E-state index contributed by atoms with van der Waals surface area (Å²) in [7, 11) is -2.79. The summed E-state index contributed by atoms with van der Waals surface area (Å²) in [6.45, 7) is 4.53. The number of hydrogen-bond donors (Lipinski definition) is 2. The average Bonchev–Trinajstić information content (AvgIpc) is 2.73. The van der Waals surface area contributed by atoms with Crippen LogP contribution in [-0.2, 0) is 21.4 Å². The summed E-state index contributed by atoms with van der Waals surface area (Å²) >= 11 is 0. The Labute approximate surface area is 180 Å². The molecule has 0 aromatic heterocycles. The predicted molar refractivity (Wildman–Crippen MR) is 112 cm³/mol. The number of hydroxylamine groups is 1. The van der Waals surface area contributed by atoms with E-state index >= 15 is 0 Å². The molecular weight excluding hydrogens is 426 g/mol. The monoisotopic (exact) mass is 451 g/mol. The number of hydrogen-bond acceptors (Lipinski definition) is 7. The fourth-order valence-corrected chi connectivity index (χ4v) is 4.89. The van der Waals surface area contributed by atoms with E-state index in [0.29, 0.717) is 16.9 Å². The molecule has 0 aliphatic carbocycles. The third-order valence-electron chi connectivity index (χ3n) is 4.80. The Morgan fingerprint density at radius 2 is 1.84 bits per heavy atom. The Kier molecular flexibility index (Phi) is 7.71. The van der Waals surface area contributed by atoms with Gasteiger partial charge in [0.05, 0.1) is 16.9 Å². The normalized spacial score (nSPS) is 12.6. The number of aryl methyl sites for hydroxylation is 1. The lowest BCUT2D eigenvalue weighted by Gasteiger charge is -2.32. The van der Waals surface area contributed by atoms with Crippen molar-refractivity contribution in [1.29, 1.82) is 0 Å². The minimum Gasteiger partial charge on any atom is -0.497 e. The maximum atomic E-state index is 13.5. The zero-order valence-corrected chi connectivity index (χ0v) is 18.4. The highest BCUT2D eigenvalue weighted by molar-refractivity contribution is 7.89. The van der Waals surface area contributed by atoms with Crippen LogP contribution in [0.25, 0.3) is 0 Å². The number of amides is 1. The van der Waals surface area contributed by atoms with Crippen molar-refractivity contribution in [1.82, 2.24) is 9.79 Å². The van der Waals surface area contributed by atoms with Crippen molar-refractivity contribution in [2.24, 2.45) is 5.92 Å². The van der Waals surface area contributed by atoms with Crippen molar-refractivity contribution in [2.75, 3.05) is 7.11 Å². The number of nitro groups is 1. The molecule has 0 radical (unpaired) electrons. The quantitative estimate of drug-likeness (QED) is 0.339. The molecular formula is C20H25N3O7S. The number of carbonyl (C=O) groups is 1. The molecule has 2 aromatic carbocycles. The van der Waals surface area contributed by atoms with Crippen molar-refractivity contribution in [3.8, 4) is 5.75 Å². The number of nitrogens with zero attached hydrogens (tertiary/aromatic N) is 2. The maximum Gasteiger partial charge on any atom is 0.272 e. The Morgan fingerprint density at radius 1 is 1.23 bits per heavy atom. The molecule has 0 fully saturated rings. The molecule has 2 N–H and O–H groups in total. The number of nitro benzene ring substituents is 1. The summed E-state index contributed by atoms with van der Waals surface area (Å²) in [6.07, 6.45) is 0. The van der Waals surface area contributed by atoms with Gasteiger partial charge >= 0.3 is 0 Å². The van der Waals surface area contributed by atoms with Gasteiger partial charge in [-0.1, -0.05) is 26.0 Å². The minimum absolute atomic E-state index is 0.0914. The van der Waals surface area contributed by atoms with Gasteiger partial charge in [0, 0.05) is 18.2 Å². The summed E-state index contributed by atoms with van der Waals surface area (Å²) in [6, 6.07) is 8.71. The first-order valence-electron chi connectivity index (χ1n) is 9.36. The lowest BCUT2D eigenvalue weighted by Crippen LogP contribution is -2.51. The molecule has 0 saturated heterocycles. The molecule has 1 atom stereocenters. The second-order valence-electron chi connectivity index (χ2n) is 7.27. The number of rotatable bonds is 9. The Balaban J connectivity index is 2.61. The van der Waals surface area contributed by atoms with Crippen molar-refractivity contribution in [2.45, 2.75) is 38.3 Å². The van der Waals surface area contributed by atoms with Crippen LogP contribution in [0.4, 0.5) is 5.69 Å². The van der Waals surface area contributed by atoms with Crippen LogP contribution in [0.15, 0.2) is 47.4 Å². The van der Waals surface area contributed by atoms with E-state index in [4.69, 9.17) is 4.74 Å². The number of methoxy groups -OCH3 is 1. The van der Waals surface area contributed by atoms with Crippen molar-refractivity contribution in [3.63, 3.8) is 0 Å². The van der Waals surface area contributed by atoms with Gasteiger partial charge in [0.1, 0.15) is 11.8 Å². The molecule has 0 bridgehead atoms. The first kappa shape index (κ1) is 24.3. The molecule has 0 spiro atoms. The summed E-state index contributed by atoms with van der Waals surface area (Å²) < 4.78 is 32.9. The van der Waals surface area contributed by atoms with Crippen LogP contribution in [0.3, 0.4) is 0 Å². The zero-order valence-electron chi connectivity index (χ0n) is 17.6. The molecule has 10 nitrogen and oxygen atoms in total. The zero-order chi connectivity index (χ0) is 23.3. The second kappa shape index (κ2) is 9.86. The molecule has 0 aliphatic rings. The Morgan fingerprint density at radius 3 is 2.32 bits per heavy atom. The highest BCUT2D eigenvalue weighted by Crippen LogP contribution is 2.28. The van der Waals surface area contributed by atoms with E-state index in [1.54, 1.807) is 26.8 Å². The first-order valence-corrected chi connectivity index (χ1v) is 10.8. The van der Waals surface area contributed by atoms with Crippen LogP contribution >= 0.6 is 0 Å². The van der Waals surface area contributed by atoms with Gasteiger partial charge in [0.25, 0.3) is 11.6 Å². The van der Waals surface area contributed by atoms with Gasteiger partial charge in [-0.2, -0.15) is 4.31 Å². The van der Waals surface area contributed by atoms with E-state index in [0.717, 1.165) is 4.31 Å². The molecule has 1 amide bonds. The van der Waals surface area contributed by atoms with E-state index in [9.17, 15) is 28.5 Å². The maximum absolute atomic E-state index is 13.5. The molecule has 31 heavy (non-hydrogen) atoms. The Bertz CT molecular complexity index is 1050. The Hall–Kier alpha value is -3.02. The van der Waals surface area contributed by atoms with Crippen LogP contribution in [0.5, 0.6) is 5.75 Å². The fraction of sp³-hybridized carbons (Fsp3) is 0.350. The van der Waals surface area contributed by atoms with Gasteiger partial charge in [-0.15, -0.1) is 0 Å². The van der Waals surface area contributed by atoms with Crippen LogP contribution < -0.4 is 10.2 Å². The fourth-order valence-electron chi connectivity index (χ4n) is 3.18. The van der Waals surface area contributed by atoms with E-state index in [1.807, 2.05) is 0 Å². The summed E-state index contributed by atoms with van der Waals surface area (Å²) in [5, 5.41) is 20.5. The smallest absolute Gasteiger partial charge is 0.272 e. The van der Waals surface area contributed by atoms with Crippen molar-refractivity contribution in [3.05, 3.63) is 63.7 Å². The highest BCUT2D eigenvalue weighted by Gasteiger charge is 2.38. The van der Waals surface area contributed by atoms with Gasteiger partial charge in [-0.25, -0.2) is 13.9 Å². The predicted octanol–water partition coefficient (Wildman–Crippen LogP) is 2.63. The van der Waals surface area contributed by atoms with Crippen molar-refractivity contribution < 1.29 is 28.1 Å². The van der Waals surface area contributed by atoms with E-state index in [2.05, 4.69) is 0 Å². The lowest BCUT2D eigenvalue weighted by molar-refractivity contribution is -0.385. The lowest BCUT2D eigenvalue weighted by atomic mass is 10.0. The third-order valence-corrected chi connectivity index (χ3v) is 6.64. The SMILES string of the molecule is COc1ccc(S(=O)(=O)N(Cc2ccc(C)c([N+](=O)[O-])c2)[C@@H](C(=O)NO)C(C)C)cc1. The van der Waals surface area contributed by atoms with Gasteiger partial charge in [0.2, 0.25) is 10.0 Å². The van der Waals surface area contributed by atoms with Gasteiger partial charge < -0.3 is 4.74 Å². The number of benzene rings is 2. The second-order valence-corrected chi connectivity index (χ2v) is 9.16. The highest BCUT2D eigenvalue weighted by atomic mass is 32.2. The van der Waals surface area contributed by atoms with E-state index in [1.165, 1.54) is 49.0 Å². The van der Waals surface area contributed by atoms with Crippen molar-refractivity contribution >= 4 is 21.6 Å². The average molecular weight is 452 g/mol. The number of carbonyl (C=O) groups excluding carboxylic acids is 1. The summed E-state index contributed by atoms with van der Waals surface area (Å²) in [4.78, 5) is 23.1. The molecule has 2 aromatic rings. The van der Waals surface area contributed by atoms with Crippen LogP contribution in [0.2, 0.25) is 0 Å². The number of ether oxygens (including phenoxy) is 1. The van der Waals surface area contributed by atoms with E-state index in [-0.39, 0.29) is 17.1 Å². The minimum atomic E-state index is -4.23. The van der Waals surface area contributed by atoms with Gasteiger partial charge in [-0.3, -0.25) is 20.1 Å². The van der Waals surface area contributed by atoms with Gasteiger partial charge in [-0.05, 0) is 42.7 Å². The molecule has 2 rings (SSSR count). The van der Waals surface area contributed by atoms with E-state index < -0.39 is 32.8 Å². The summed E-state index contributed by atoms with van der Waals surface area (Å²) in [5.74, 6) is -0.970. The topological polar surface area (TPSA) is 139 Å². The number of nitrogens with one attached hydrogen (secondary N) is 1. The number of sulfonamides is 1. The van der Waals surface area contributed by atoms with Crippen LogP contribution in [0.1, 0.15) is 25.0 Å². The molecule has 0 saturated carbocycles. The molecule has 11 heteroatoms.